The van der Waals surface area contributed by atoms with Crippen LogP contribution < -0.4 is 10.2 Å². The summed E-state index contributed by atoms with van der Waals surface area (Å²) in [4.78, 5) is 11.5. The molecule has 0 spiro atoms. The van der Waals surface area contributed by atoms with Gasteiger partial charge in [-0.2, -0.15) is 0 Å². The second-order valence-electron chi connectivity index (χ2n) is 4.71. The van der Waals surface area contributed by atoms with Crippen LogP contribution in [0.5, 0.6) is 0 Å². The summed E-state index contributed by atoms with van der Waals surface area (Å²) in [7, 11) is 0. The Balaban J connectivity index is 2.24. The van der Waals surface area contributed by atoms with E-state index in [0.29, 0.717) is 6.04 Å². The van der Waals surface area contributed by atoms with Gasteiger partial charge in [0.05, 0.1) is 11.4 Å². The summed E-state index contributed by atoms with van der Waals surface area (Å²) in [6.07, 6.45) is 4.33. The van der Waals surface area contributed by atoms with E-state index in [-0.39, 0.29) is 0 Å². The molecular formula is C13H22N4. The molecule has 0 radical (unpaired) electrons. The van der Waals surface area contributed by atoms with Gasteiger partial charge in [0, 0.05) is 25.3 Å². The maximum Gasteiger partial charge on any atom is 0.150 e. The molecule has 0 aromatic carbocycles. The molecule has 1 aromatic heterocycles. The zero-order valence-corrected chi connectivity index (χ0v) is 11.0. The number of anilines is 1. The fourth-order valence-electron chi connectivity index (χ4n) is 2.48. The Morgan fingerprint density at radius 3 is 2.94 bits per heavy atom. The zero-order valence-electron chi connectivity index (χ0n) is 11.0. The first-order chi connectivity index (χ1) is 8.22. The molecule has 4 heteroatoms. The molecule has 1 aliphatic rings. The average Bonchev–Trinajstić information content (AvgIpc) is 2.36. The lowest BCUT2D eigenvalue weighted by molar-refractivity contribution is 0.432. The van der Waals surface area contributed by atoms with E-state index in [0.717, 1.165) is 36.8 Å². The van der Waals surface area contributed by atoms with Crippen molar-refractivity contribution in [2.24, 2.45) is 0 Å². The van der Waals surface area contributed by atoms with Gasteiger partial charge in [0.25, 0.3) is 0 Å². The number of hydrogen-bond acceptors (Lipinski definition) is 4. The quantitative estimate of drug-likeness (QED) is 0.864. The molecule has 0 bridgehead atoms. The summed E-state index contributed by atoms with van der Waals surface area (Å²) in [5.74, 6) is 1.06. The Morgan fingerprint density at radius 2 is 2.29 bits per heavy atom. The molecule has 0 aliphatic carbocycles. The van der Waals surface area contributed by atoms with Crippen LogP contribution >= 0.6 is 0 Å². The van der Waals surface area contributed by atoms with Crippen molar-refractivity contribution in [3.8, 4) is 0 Å². The van der Waals surface area contributed by atoms with Crippen molar-refractivity contribution in [2.45, 2.75) is 39.7 Å². The highest BCUT2D eigenvalue weighted by Crippen LogP contribution is 2.21. The van der Waals surface area contributed by atoms with Crippen molar-refractivity contribution in [3.05, 3.63) is 17.6 Å². The summed E-state index contributed by atoms with van der Waals surface area (Å²) < 4.78 is 0. The number of rotatable bonds is 3. The summed E-state index contributed by atoms with van der Waals surface area (Å²) in [5.41, 5.74) is 2.02. The summed E-state index contributed by atoms with van der Waals surface area (Å²) in [6, 6.07) is 0.559. The number of piperidine rings is 1. The Hall–Kier alpha value is -1.16. The van der Waals surface area contributed by atoms with Crippen LogP contribution in [-0.4, -0.2) is 35.6 Å². The van der Waals surface area contributed by atoms with Gasteiger partial charge in [0.1, 0.15) is 0 Å². The molecule has 1 N–H and O–H groups in total. The Morgan fingerprint density at radius 1 is 1.47 bits per heavy atom. The highest BCUT2D eigenvalue weighted by atomic mass is 15.2. The van der Waals surface area contributed by atoms with Crippen molar-refractivity contribution < 1.29 is 0 Å². The Kier molecular flexibility index (Phi) is 3.94. The van der Waals surface area contributed by atoms with Crippen LogP contribution in [0.4, 0.5) is 5.82 Å². The Bertz CT molecular complexity index is 372. The van der Waals surface area contributed by atoms with Crippen molar-refractivity contribution >= 4 is 5.82 Å². The molecule has 1 fully saturated rings. The lowest BCUT2D eigenvalue weighted by atomic mass is 10.1. The van der Waals surface area contributed by atoms with E-state index in [1.165, 1.54) is 12.8 Å². The maximum atomic E-state index is 4.65. The highest BCUT2D eigenvalue weighted by molar-refractivity contribution is 5.44. The molecule has 1 atom stereocenters. The third-order valence-corrected chi connectivity index (χ3v) is 3.38. The third-order valence-electron chi connectivity index (χ3n) is 3.38. The molecule has 1 saturated heterocycles. The summed E-state index contributed by atoms with van der Waals surface area (Å²) in [5, 5.41) is 3.46. The van der Waals surface area contributed by atoms with Gasteiger partial charge in [0.15, 0.2) is 5.82 Å². The smallest absolute Gasteiger partial charge is 0.150 e. The van der Waals surface area contributed by atoms with E-state index >= 15 is 0 Å². The first kappa shape index (κ1) is 12.3. The van der Waals surface area contributed by atoms with Crippen LogP contribution in [0.3, 0.4) is 0 Å². The molecule has 0 amide bonds. The lowest BCUT2D eigenvalue weighted by Gasteiger charge is -2.35. The topological polar surface area (TPSA) is 41.1 Å². The van der Waals surface area contributed by atoms with Gasteiger partial charge in [-0.15, -0.1) is 0 Å². The first-order valence-electron chi connectivity index (χ1n) is 6.50. The van der Waals surface area contributed by atoms with Gasteiger partial charge in [0.2, 0.25) is 0 Å². The highest BCUT2D eigenvalue weighted by Gasteiger charge is 2.22. The normalized spacial score (nSPS) is 20.3. The van der Waals surface area contributed by atoms with E-state index in [9.17, 15) is 0 Å². The number of likely N-dealkylation sites (N-methyl/N-ethyl adjacent to an activating group) is 1. The van der Waals surface area contributed by atoms with Crippen LogP contribution in [0.1, 0.15) is 31.2 Å². The van der Waals surface area contributed by atoms with Crippen molar-refractivity contribution in [1.29, 1.82) is 0 Å². The van der Waals surface area contributed by atoms with Gasteiger partial charge in [-0.05, 0) is 40.2 Å². The van der Waals surface area contributed by atoms with Crippen molar-refractivity contribution in [3.63, 3.8) is 0 Å². The van der Waals surface area contributed by atoms with Crippen LogP contribution in [0.25, 0.3) is 0 Å². The largest absolute Gasteiger partial charge is 0.351 e. The van der Waals surface area contributed by atoms with E-state index < -0.39 is 0 Å². The van der Waals surface area contributed by atoms with Gasteiger partial charge >= 0.3 is 0 Å². The Labute approximate surface area is 103 Å². The molecule has 94 valence electrons. The summed E-state index contributed by atoms with van der Waals surface area (Å²) >= 11 is 0. The molecule has 2 heterocycles. The van der Waals surface area contributed by atoms with E-state index in [1.807, 2.05) is 20.0 Å². The van der Waals surface area contributed by atoms with Gasteiger partial charge < -0.3 is 10.2 Å². The predicted octanol–water partition coefficient (Wildman–Crippen LogP) is 1.67. The SMILES string of the molecule is CCN(c1nc(C)cnc1C)C1CCCNC1. The minimum absolute atomic E-state index is 0.559. The molecule has 1 aliphatic heterocycles. The fraction of sp³-hybridized carbons (Fsp3) is 0.692. The molecular weight excluding hydrogens is 212 g/mol. The summed E-state index contributed by atoms with van der Waals surface area (Å²) in [6.45, 7) is 9.43. The van der Waals surface area contributed by atoms with Gasteiger partial charge in [-0.1, -0.05) is 0 Å². The molecule has 17 heavy (non-hydrogen) atoms. The minimum Gasteiger partial charge on any atom is -0.351 e. The average molecular weight is 234 g/mol. The van der Waals surface area contributed by atoms with E-state index in [2.05, 4.69) is 27.1 Å². The molecule has 2 rings (SSSR count). The number of aryl methyl sites for hydroxylation is 2. The molecule has 0 saturated carbocycles. The van der Waals surface area contributed by atoms with E-state index in [1.54, 1.807) is 0 Å². The van der Waals surface area contributed by atoms with Crippen LogP contribution in [0.2, 0.25) is 0 Å². The first-order valence-corrected chi connectivity index (χ1v) is 6.50. The third kappa shape index (κ3) is 2.75. The standard InChI is InChI=1S/C13H22N4/c1-4-17(12-6-5-7-14-9-12)13-11(3)15-8-10(2)16-13/h8,12,14H,4-7,9H2,1-3H3. The zero-order chi connectivity index (χ0) is 12.3. The predicted molar refractivity (Wildman–Crippen MR) is 70.4 cm³/mol. The number of aromatic nitrogens is 2. The fourth-order valence-corrected chi connectivity index (χ4v) is 2.48. The second kappa shape index (κ2) is 5.45. The van der Waals surface area contributed by atoms with Crippen LogP contribution in [0.15, 0.2) is 6.20 Å². The van der Waals surface area contributed by atoms with Crippen molar-refractivity contribution in [2.75, 3.05) is 24.5 Å². The number of nitrogens with zero attached hydrogens (tertiary/aromatic N) is 3. The van der Waals surface area contributed by atoms with Crippen molar-refractivity contribution in [1.82, 2.24) is 15.3 Å². The van der Waals surface area contributed by atoms with Crippen LogP contribution in [0, 0.1) is 13.8 Å². The maximum absolute atomic E-state index is 4.65. The number of nitrogens with one attached hydrogen (secondary N) is 1. The van der Waals surface area contributed by atoms with E-state index in [4.69, 9.17) is 0 Å². The van der Waals surface area contributed by atoms with Gasteiger partial charge in [-0.3, -0.25) is 4.98 Å². The monoisotopic (exact) mass is 234 g/mol. The lowest BCUT2D eigenvalue weighted by Crippen LogP contribution is -2.46. The molecule has 1 unspecified atom stereocenters. The minimum atomic E-state index is 0.559. The number of hydrogen-bond donors (Lipinski definition) is 1. The van der Waals surface area contributed by atoms with Crippen LogP contribution in [-0.2, 0) is 0 Å². The second-order valence-corrected chi connectivity index (χ2v) is 4.71. The van der Waals surface area contributed by atoms with Gasteiger partial charge in [-0.25, -0.2) is 4.98 Å². The molecule has 4 nitrogen and oxygen atoms in total. The molecule has 1 aromatic rings.